The van der Waals surface area contributed by atoms with E-state index < -0.39 is 0 Å². The molecule has 0 radical (unpaired) electrons. The zero-order valence-electron chi connectivity index (χ0n) is 12.6. The molecule has 1 aliphatic rings. The van der Waals surface area contributed by atoms with Gasteiger partial charge in [0.2, 0.25) is 0 Å². The van der Waals surface area contributed by atoms with Crippen molar-refractivity contribution >= 4 is 17.6 Å². The first-order chi connectivity index (χ1) is 10.7. The van der Waals surface area contributed by atoms with Crippen molar-refractivity contribution in [2.24, 2.45) is 4.99 Å². The van der Waals surface area contributed by atoms with Gasteiger partial charge in [-0.1, -0.05) is 48.0 Å². The molecule has 4 heteroatoms. The summed E-state index contributed by atoms with van der Waals surface area (Å²) in [6.45, 7) is 4.25. The molecule has 0 aliphatic carbocycles. The fourth-order valence-electron chi connectivity index (χ4n) is 2.74. The third-order valence-corrected chi connectivity index (χ3v) is 4.09. The van der Waals surface area contributed by atoms with Crippen LogP contribution in [0.3, 0.4) is 0 Å². The quantitative estimate of drug-likeness (QED) is 0.932. The molecule has 114 valence electrons. The van der Waals surface area contributed by atoms with Crippen LogP contribution in [0.25, 0.3) is 0 Å². The maximum absolute atomic E-state index is 6.17. The molecule has 3 rings (SSSR count). The van der Waals surface area contributed by atoms with Crippen LogP contribution in [0.1, 0.15) is 22.6 Å². The summed E-state index contributed by atoms with van der Waals surface area (Å²) in [6, 6.07) is 17.1. The monoisotopic (exact) mass is 314 g/mol. The van der Waals surface area contributed by atoms with Crippen LogP contribution in [0.5, 0.6) is 0 Å². The summed E-state index contributed by atoms with van der Waals surface area (Å²) in [6.07, 6.45) is 0. The predicted molar refractivity (Wildman–Crippen MR) is 90.7 cm³/mol. The van der Waals surface area contributed by atoms with Gasteiger partial charge in [-0.2, -0.15) is 0 Å². The Morgan fingerprint density at radius 2 is 2.09 bits per heavy atom. The average molecular weight is 315 g/mol. The van der Waals surface area contributed by atoms with E-state index in [2.05, 4.69) is 47.6 Å². The molecule has 1 aliphatic heterocycles. The molecule has 1 heterocycles. The Morgan fingerprint density at radius 1 is 1.23 bits per heavy atom. The minimum absolute atomic E-state index is 0.201. The molecule has 2 aromatic carbocycles. The number of benzene rings is 2. The summed E-state index contributed by atoms with van der Waals surface area (Å²) in [5.74, 6) is 0.201. The largest absolute Gasteiger partial charge is 0.463 e. The van der Waals surface area contributed by atoms with Gasteiger partial charge in [-0.25, -0.2) is 4.99 Å². The second-order valence-corrected chi connectivity index (χ2v) is 5.82. The molecule has 0 bridgehead atoms. The molecule has 1 atom stereocenters. The highest BCUT2D eigenvalue weighted by Gasteiger charge is 2.18. The minimum atomic E-state index is 0.201. The average Bonchev–Trinajstić information content (AvgIpc) is 3.03. The van der Waals surface area contributed by atoms with Gasteiger partial charge in [0, 0.05) is 17.5 Å². The zero-order chi connectivity index (χ0) is 15.4. The SMILES string of the molecule is Cc1ccccc1C(CNC1=NCCO1)c1cccc(Cl)c1. The first kappa shape index (κ1) is 14.9. The van der Waals surface area contributed by atoms with Gasteiger partial charge in [0.1, 0.15) is 6.61 Å². The van der Waals surface area contributed by atoms with E-state index in [4.69, 9.17) is 16.3 Å². The maximum Gasteiger partial charge on any atom is 0.284 e. The van der Waals surface area contributed by atoms with Crippen LogP contribution in [-0.2, 0) is 4.74 Å². The molecule has 0 saturated heterocycles. The summed E-state index contributed by atoms with van der Waals surface area (Å²) in [5, 5.41) is 4.07. The van der Waals surface area contributed by atoms with Gasteiger partial charge in [-0.05, 0) is 35.7 Å². The highest BCUT2D eigenvalue weighted by molar-refractivity contribution is 6.30. The van der Waals surface area contributed by atoms with E-state index in [9.17, 15) is 0 Å². The Labute approximate surface area is 136 Å². The molecule has 1 unspecified atom stereocenters. The van der Waals surface area contributed by atoms with Crippen LogP contribution < -0.4 is 5.32 Å². The molecule has 0 fully saturated rings. The van der Waals surface area contributed by atoms with Crippen molar-refractivity contribution in [1.82, 2.24) is 5.32 Å². The van der Waals surface area contributed by atoms with Crippen molar-refractivity contribution in [2.45, 2.75) is 12.8 Å². The Hall–Kier alpha value is -2.00. The standard InChI is InChI=1S/C18H19ClN2O/c1-13-5-2-3-8-16(13)17(12-21-18-20-9-10-22-18)14-6-4-7-15(19)11-14/h2-8,11,17H,9-10,12H2,1H3,(H,20,21). The van der Waals surface area contributed by atoms with Gasteiger partial charge in [-0.15, -0.1) is 0 Å². The zero-order valence-corrected chi connectivity index (χ0v) is 13.3. The van der Waals surface area contributed by atoms with E-state index in [1.54, 1.807) is 0 Å². The first-order valence-corrected chi connectivity index (χ1v) is 7.84. The topological polar surface area (TPSA) is 33.6 Å². The van der Waals surface area contributed by atoms with Gasteiger partial charge < -0.3 is 10.1 Å². The van der Waals surface area contributed by atoms with Crippen LogP contribution in [-0.4, -0.2) is 25.7 Å². The van der Waals surface area contributed by atoms with Crippen LogP contribution in [0.4, 0.5) is 0 Å². The number of ether oxygens (including phenoxy) is 1. The fraction of sp³-hybridized carbons (Fsp3) is 0.278. The van der Waals surface area contributed by atoms with Crippen molar-refractivity contribution in [3.63, 3.8) is 0 Å². The van der Waals surface area contributed by atoms with E-state index in [-0.39, 0.29) is 5.92 Å². The third-order valence-electron chi connectivity index (χ3n) is 3.86. The van der Waals surface area contributed by atoms with Gasteiger partial charge in [0.25, 0.3) is 6.02 Å². The molecule has 0 aromatic heterocycles. The number of rotatable bonds is 4. The molecule has 1 N–H and O–H groups in total. The molecule has 0 amide bonds. The number of hydrogen-bond acceptors (Lipinski definition) is 3. The van der Waals surface area contributed by atoms with Gasteiger partial charge in [-0.3, -0.25) is 0 Å². The van der Waals surface area contributed by atoms with Crippen LogP contribution in [0.15, 0.2) is 53.5 Å². The number of nitrogens with zero attached hydrogens (tertiary/aromatic N) is 1. The molecule has 2 aromatic rings. The Kier molecular flexibility index (Phi) is 4.64. The lowest BCUT2D eigenvalue weighted by atomic mass is 9.88. The fourth-order valence-corrected chi connectivity index (χ4v) is 2.94. The van der Waals surface area contributed by atoms with Crippen molar-refractivity contribution in [2.75, 3.05) is 19.7 Å². The highest BCUT2D eigenvalue weighted by Crippen LogP contribution is 2.28. The van der Waals surface area contributed by atoms with Gasteiger partial charge in [0.05, 0.1) is 6.54 Å². The number of aryl methyl sites for hydroxylation is 1. The third kappa shape index (κ3) is 3.42. The smallest absolute Gasteiger partial charge is 0.284 e. The number of hydrogen-bond donors (Lipinski definition) is 1. The molecule has 0 saturated carbocycles. The number of halogens is 1. The van der Waals surface area contributed by atoms with Crippen LogP contribution >= 0.6 is 11.6 Å². The normalized spacial score (nSPS) is 15.1. The summed E-state index contributed by atoms with van der Waals surface area (Å²) in [5.41, 5.74) is 3.74. The van der Waals surface area contributed by atoms with Crippen molar-refractivity contribution in [3.05, 3.63) is 70.2 Å². The lowest BCUT2D eigenvalue weighted by Gasteiger charge is -2.21. The molecular formula is C18H19ClN2O. The summed E-state index contributed by atoms with van der Waals surface area (Å²) in [4.78, 5) is 4.29. The van der Waals surface area contributed by atoms with Crippen LogP contribution in [0, 0.1) is 6.92 Å². The lowest BCUT2D eigenvalue weighted by molar-refractivity contribution is 0.331. The minimum Gasteiger partial charge on any atom is -0.463 e. The van der Waals surface area contributed by atoms with Gasteiger partial charge >= 0.3 is 0 Å². The molecule has 3 nitrogen and oxygen atoms in total. The maximum atomic E-state index is 6.17. The van der Waals surface area contributed by atoms with Crippen molar-refractivity contribution in [1.29, 1.82) is 0 Å². The van der Waals surface area contributed by atoms with Gasteiger partial charge in [0.15, 0.2) is 0 Å². The van der Waals surface area contributed by atoms with E-state index in [1.165, 1.54) is 16.7 Å². The lowest BCUT2D eigenvalue weighted by Crippen LogP contribution is -2.29. The summed E-state index contributed by atoms with van der Waals surface area (Å²) in [7, 11) is 0. The van der Waals surface area contributed by atoms with E-state index in [0.717, 1.165) is 18.1 Å². The number of nitrogens with one attached hydrogen (secondary N) is 1. The first-order valence-electron chi connectivity index (χ1n) is 7.46. The second kappa shape index (κ2) is 6.84. The Balaban J connectivity index is 1.89. The van der Waals surface area contributed by atoms with Crippen molar-refractivity contribution in [3.8, 4) is 0 Å². The Bertz CT molecular complexity index is 684. The number of amidine groups is 1. The van der Waals surface area contributed by atoms with Crippen LogP contribution in [0.2, 0.25) is 5.02 Å². The van der Waals surface area contributed by atoms with Crippen molar-refractivity contribution < 1.29 is 4.74 Å². The second-order valence-electron chi connectivity index (χ2n) is 5.38. The Morgan fingerprint density at radius 3 is 2.82 bits per heavy atom. The molecule has 0 spiro atoms. The summed E-state index contributed by atoms with van der Waals surface area (Å²) >= 11 is 6.17. The van der Waals surface area contributed by atoms with E-state index in [0.29, 0.717) is 12.6 Å². The molecule has 22 heavy (non-hydrogen) atoms. The number of aliphatic imine (C=N–C) groups is 1. The summed E-state index contributed by atoms with van der Waals surface area (Å²) < 4.78 is 5.44. The van der Waals surface area contributed by atoms with E-state index in [1.807, 2.05) is 18.2 Å². The molecular weight excluding hydrogens is 296 g/mol. The van der Waals surface area contributed by atoms with E-state index >= 15 is 0 Å². The highest BCUT2D eigenvalue weighted by atomic mass is 35.5. The predicted octanol–water partition coefficient (Wildman–Crippen LogP) is 3.76.